The number of benzene rings is 1. The van der Waals surface area contributed by atoms with E-state index in [1.807, 2.05) is 0 Å². The summed E-state index contributed by atoms with van der Waals surface area (Å²) in [6.07, 6.45) is 2.90. The number of sulfonamides is 1. The maximum absolute atomic E-state index is 12.9. The molecule has 0 aliphatic rings. The van der Waals surface area contributed by atoms with Crippen LogP contribution in [0.3, 0.4) is 0 Å². The largest absolute Gasteiger partial charge is 0.274 e. The SMILES string of the molecule is Cc1nn(C)cc1S(=O)(=O)Nc1nn(Cc2ccc(F)cc2)cc1Cl. The summed E-state index contributed by atoms with van der Waals surface area (Å²) in [5.74, 6) is -0.311. The summed E-state index contributed by atoms with van der Waals surface area (Å²) in [6.45, 7) is 1.93. The molecule has 3 aromatic rings. The molecule has 3 rings (SSSR count). The number of halogens is 2. The van der Waals surface area contributed by atoms with Crippen molar-refractivity contribution < 1.29 is 12.8 Å². The highest BCUT2D eigenvalue weighted by molar-refractivity contribution is 7.92. The van der Waals surface area contributed by atoms with Crippen molar-refractivity contribution in [2.24, 2.45) is 7.05 Å². The molecular formula is C15H15ClFN5O2S. The van der Waals surface area contributed by atoms with Crippen molar-refractivity contribution in [2.45, 2.75) is 18.4 Å². The third-order valence-electron chi connectivity index (χ3n) is 3.46. The third-order valence-corrected chi connectivity index (χ3v) is 5.18. The van der Waals surface area contributed by atoms with Crippen LogP contribution in [-0.4, -0.2) is 28.0 Å². The summed E-state index contributed by atoms with van der Waals surface area (Å²) < 4.78 is 43.2. The number of aryl methyl sites for hydroxylation is 2. The fraction of sp³-hybridized carbons (Fsp3) is 0.200. The van der Waals surface area contributed by atoms with Gasteiger partial charge in [-0.2, -0.15) is 10.2 Å². The summed E-state index contributed by atoms with van der Waals surface area (Å²) in [5, 5.41) is 8.33. The van der Waals surface area contributed by atoms with Crippen LogP contribution in [0.5, 0.6) is 0 Å². The third kappa shape index (κ3) is 3.83. The molecule has 1 N–H and O–H groups in total. The van der Waals surface area contributed by atoms with E-state index >= 15 is 0 Å². The highest BCUT2D eigenvalue weighted by Crippen LogP contribution is 2.24. The second kappa shape index (κ2) is 6.49. The molecule has 2 heterocycles. The molecule has 132 valence electrons. The first-order valence-electron chi connectivity index (χ1n) is 7.25. The summed E-state index contributed by atoms with van der Waals surface area (Å²) >= 11 is 6.08. The van der Waals surface area contributed by atoms with Crippen molar-refractivity contribution in [3.8, 4) is 0 Å². The van der Waals surface area contributed by atoms with Gasteiger partial charge in [0.15, 0.2) is 5.82 Å². The molecule has 7 nitrogen and oxygen atoms in total. The van der Waals surface area contributed by atoms with Gasteiger partial charge in [-0.15, -0.1) is 0 Å². The number of hydrogen-bond acceptors (Lipinski definition) is 4. The normalized spacial score (nSPS) is 11.7. The smallest absolute Gasteiger partial charge is 0.266 e. The molecule has 0 atom stereocenters. The zero-order valence-corrected chi connectivity index (χ0v) is 15.0. The highest BCUT2D eigenvalue weighted by atomic mass is 35.5. The van der Waals surface area contributed by atoms with E-state index in [0.29, 0.717) is 12.2 Å². The lowest BCUT2D eigenvalue weighted by Crippen LogP contribution is -2.14. The number of rotatable bonds is 5. The first-order valence-corrected chi connectivity index (χ1v) is 9.11. The molecule has 0 aliphatic carbocycles. The molecule has 0 aliphatic heterocycles. The van der Waals surface area contributed by atoms with Gasteiger partial charge < -0.3 is 0 Å². The van der Waals surface area contributed by atoms with Gasteiger partial charge in [0, 0.05) is 19.4 Å². The molecular weight excluding hydrogens is 369 g/mol. The van der Waals surface area contributed by atoms with Crippen molar-refractivity contribution in [1.82, 2.24) is 19.6 Å². The summed E-state index contributed by atoms with van der Waals surface area (Å²) in [5.41, 5.74) is 1.18. The van der Waals surface area contributed by atoms with Gasteiger partial charge in [0.05, 0.1) is 12.2 Å². The highest BCUT2D eigenvalue weighted by Gasteiger charge is 2.22. The summed E-state index contributed by atoms with van der Waals surface area (Å²) in [4.78, 5) is 0.0548. The van der Waals surface area contributed by atoms with Crippen LogP contribution >= 0.6 is 11.6 Å². The second-order valence-corrected chi connectivity index (χ2v) is 7.57. The van der Waals surface area contributed by atoms with E-state index < -0.39 is 10.0 Å². The lowest BCUT2D eigenvalue weighted by molar-refractivity contribution is 0.600. The predicted molar refractivity (Wildman–Crippen MR) is 91.5 cm³/mol. The molecule has 0 fully saturated rings. The minimum atomic E-state index is -3.85. The number of hydrogen-bond donors (Lipinski definition) is 1. The molecule has 0 amide bonds. The Hall–Kier alpha value is -2.39. The first-order chi connectivity index (χ1) is 11.7. The Labute approximate surface area is 149 Å². The van der Waals surface area contributed by atoms with E-state index in [1.165, 1.54) is 33.9 Å². The average Bonchev–Trinajstić information content (AvgIpc) is 3.04. The van der Waals surface area contributed by atoms with Gasteiger partial charge in [-0.25, -0.2) is 12.8 Å². The minimum Gasteiger partial charge on any atom is -0.274 e. The van der Waals surface area contributed by atoms with Crippen LogP contribution < -0.4 is 4.72 Å². The molecule has 25 heavy (non-hydrogen) atoms. The lowest BCUT2D eigenvalue weighted by Gasteiger charge is -2.05. The van der Waals surface area contributed by atoms with Crippen molar-refractivity contribution in [2.75, 3.05) is 4.72 Å². The number of nitrogens with one attached hydrogen (secondary N) is 1. The number of aromatic nitrogens is 4. The molecule has 0 radical (unpaired) electrons. The average molecular weight is 384 g/mol. The maximum Gasteiger partial charge on any atom is 0.266 e. The quantitative estimate of drug-likeness (QED) is 0.734. The fourth-order valence-electron chi connectivity index (χ4n) is 2.35. The monoisotopic (exact) mass is 383 g/mol. The van der Waals surface area contributed by atoms with Crippen LogP contribution in [0, 0.1) is 12.7 Å². The van der Waals surface area contributed by atoms with Gasteiger partial charge in [0.1, 0.15) is 15.7 Å². The van der Waals surface area contributed by atoms with E-state index in [-0.39, 0.29) is 21.6 Å². The van der Waals surface area contributed by atoms with E-state index in [0.717, 1.165) is 5.56 Å². The Morgan fingerprint density at radius 3 is 2.48 bits per heavy atom. The lowest BCUT2D eigenvalue weighted by atomic mass is 10.2. The van der Waals surface area contributed by atoms with Crippen LogP contribution in [0.4, 0.5) is 10.2 Å². The first kappa shape index (κ1) is 17.4. The van der Waals surface area contributed by atoms with Crippen LogP contribution in [0.25, 0.3) is 0 Å². The Morgan fingerprint density at radius 1 is 1.20 bits per heavy atom. The topological polar surface area (TPSA) is 81.8 Å². The second-order valence-electron chi connectivity index (χ2n) is 5.51. The standard InChI is InChI=1S/C15H15ClFN5O2S/c1-10-14(9-21(2)18-10)25(23,24)20-15-13(16)8-22(19-15)7-11-3-5-12(17)6-4-11/h3-6,8-9H,7H2,1-2H3,(H,19,20). The van der Waals surface area contributed by atoms with Crippen molar-refractivity contribution in [3.05, 3.63) is 58.8 Å². The zero-order valence-electron chi connectivity index (χ0n) is 13.4. The molecule has 10 heteroatoms. The van der Waals surface area contributed by atoms with Crippen molar-refractivity contribution in [3.63, 3.8) is 0 Å². The van der Waals surface area contributed by atoms with Crippen molar-refractivity contribution in [1.29, 1.82) is 0 Å². The summed E-state index contributed by atoms with van der Waals surface area (Å²) in [6, 6.07) is 5.92. The Kier molecular flexibility index (Phi) is 4.53. The molecule has 2 aromatic heterocycles. The Balaban J connectivity index is 1.83. The molecule has 0 spiro atoms. The predicted octanol–water partition coefficient (Wildman–Crippen LogP) is 2.57. The molecule has 0 unspecified atom stereocenters. The number of nitrogens with zero attached hydrogens (tertiary/aromatic N) is 4. The van der Waals surface area contributed by atoms with Crippen molar-refractivity contribution >= 4 is 27.4 Å². The molecule has 1 aromatic carbocycles. The van der Waals surface area contributed by atoms with Gasteiger partial charge >= 0.3 is 0 Å². The Bertz CT molecular complexity index is 1010. The number of anilines is 1. The zero-order chi connectivity index (χ0) is 18.2. The molecule has 0 saturated heterocycles. The van der Waals surface area contributed by atoms with Crippen LogP contribution in [0.1, 0.15) is 11.3 Å². The van der Waals surface area contributed by atoms with Gasteiger partial charge in [-0.1, -0.05) is 23.7 Å². The van der Waals surface area contributed by atoms with Crippen LogP contribution in [0.2, 0.25) is 5.02 Å². The minimum absolute atomic E-state index is 0.0204. The van der Waals surface area contributed by atoms with Gasteiger partial charge in [0.2, 0.25) is 0 Å². The van der Waals surface area contributed by atoms with E-state index in [2.05, 4.69) is 14.9 Å². The van der Waals surface area contributed by atoms with Gasteiger partial charge in [-0.05, 0) is 24.6 Å². The molecule has 0 bridgehead atoms. The van der Waals surface area contributed by atoms with E-state index in [9.17, 15) is 12.8 Å². The van der Waals surface area contributed by atoms with E-state index in [4.69, 9.17) is 11.6 Å². The maximum atomic E-state index is 12.9. The fourth-order valence-corrected chi connectivity index (χ4v) is 3.84. The summed E-state index contributed by atoms with van der Waals surface area (Å²) in [7, 11) is -2.22. The van der Waals surface area contributed by atoms with Crippen LogP contribution in [0.15, 0.2) is 41.6 Å². The van der Waals surface area contributed by atoms with Crippen LogP contribution in [-0.2, 0) is 23.6 Å². The van der Waals surface area contributed by atoms with Gasteiger partial charge in [-0.3, -0.25) is 14.1 Å². The Morgan fingerprint density at radius 2 is 1.88 bits per heavy atom. The molecule has 0 saturated carbocycles. The van der Waals surface area contributed by atoms with E-state index in [1.54, 1.807) is 26.1 Å². The van der Waals surface area contributed by atoms with Gasteiger partial charge in [0.25, 0.3) is 10.0 Å².